The zero-order chi connectivity index (χ0) is 21.8. The number of nitrogens with one attached hydrogen (secondary N) is 1. The van der Waals surface area contributed by atoms with E-state index in [1.807, 2.05) is 13.0 Å². The zero-order valence-corrected chi connectivity index (χ0v) is 17.4. The molecule has 0 bridgehead atoms. The Hall–Kier alpha value is -3.58. The smallest absolute Gasteiger partial charge is 0.292 e. The average molecular weight is 440 g/mol. The van der Waals surface area contributed by atoms with Crippen LogP contribution in [0, 0.1) is 12.7 Å². The van der Waals surface area contributed by atoms with Crippen LogP contribution in [0.2, 0.25) is 5.02 Å². The first-order valence-electron chi connectivity index (χ1n) is 9.53. The van der Waals surface area contributed by atoms with Crippen LogP contribution in [-0.4, -0.2) is 15.7 Å². The van der Waals surface area contributed by atoms with Gasteiger partial charge in [-0.1, -0.05) is 23.7 Å². The standard InChI is InChI=1S/C23H19ClFN3O3/c1-15-11-17(24)5-7-20(15)30-14-19-6-8-21(31-19)23(29)26-22-9-10-28(27-22)13-16-3-2-4-18(25)12-16/h2-12H,13-14H2,1H3,(H,26,27,29). The van der Waals surface area contributed by atoms with Gasteiger partial charge in [0.05, 0.1) is 6.54 Å². The fraction of sp³-hybridized carbons (Fsp3) is 0.130. The molecule has 158 valence electrons. The molecule has 1 amide bonds. The van der Waals surface area contributed by atoms with E-state index in [0.29, 0.717) is 28.9 Å². The lowest BCUT2D eigenvalue weighted by Gasteiger charge is -2.07. The van der Waals surface area contributed by atoms with Crippen molar-refractivity contribution in [3.8, 4) is 5.75 Å². The summed E-state index contributed by atoms with van der Waals surface area (Å²) in [4.78, 5) is 12.4. The van der Waals surface area contributed by atoms with Crippen LogP contribution in [0.1, 0.15) is 27.4 Å². The summed E-state index contributed by atoms with van der Waals surface area (Å²) in [5, 5.41) is 7.61. The SMILES string of the molecule is Cc1cc(Cl)ccc1OCc1ccc(C(=O)Nc2ccn(Cc3cccc(F)c3)n2)o1. The number of rotatable bonds is 7. The summed E-state index contributed by atoms with van der Waals surface area (Å²) in [7, 11) is 0. The van der Waals surface area contributed by atoms with E-state index in [1.54, 1.807) is 53.3 Å². The molecule has 0 spiro atoms. The topological polar surface area (TPSA) is 69.3 Å². The largest absolute Gasteiger partial charge is 0.485 e. The molecule has 0 unspecified atom stereocenters. The molecular formula is C23H19ClFN3O3. The van der Waals surface area contributed by atoms with Crippen molar-refractivity contribution in [1.29, 1.82) is 0 Å². The van der Waals surface area contributed by atoms with Crippen molar-refractivity contribution in [2.45, 2.75) is 20.1 Å². The minimum Gasteiger partial charge on any atom is -0.485 e. The molecule has 0 aliphatic carbocycles. The van der Waals surface area contributed by atoms with Gasteiger partial charge in [-0.05, 0) is 60.5 Å². The van der Waals surface area contributed by atoms with Crippen molar-refractivity contribution in [1.82, 2.24) is 9.78 Å². The quantitative estimate of drug-likeness (QED) is 0.415. The first kappa shape index (κ1) is 20.7. The number of halogens is 2. The van der Waals surface area contributed by atoms with Crippen molar-refractivity contribution in [2.75, 3.05) is 5.32 Å². The van der Waals surface area contributed by atoms with E-state index >= 15 is 0 Å². The van der Waals surface area contributed by atoms with E-state index < -0.39 is 5.91 Å². The predicted molar refractivity (Wildman–Crippen MR) is 115 cm³/mol. The molecule has 2 aromatic heterocycles. The molecule has 0 atom stereocenters. The van der Waals surface area contributed by atoms with E-state index in [4.69, 9.17) is 20.8 Å². The second kappa shape index (κ2) is 9.06. The van der Waals surface area contributed by atoms with E-state index in [9.17, 15) is 9.18 Å². The molecule has 4 rings (SSSR count). The molecule has 0 aliphatic heterocycles. The van der Waals surface area contributed by atoms with Crippen LogP contribution in [0.5, 0.6) is 5.75 Å². The second-order valence-electron chi connectivity index (χ2n) is 6.95. The monoisotopic (exact) mass is 439 g/mol. The highest BCUT2D eigenvalue weighted by Crippen LogP contribution is 2.23. The van der Waals surface area contributed by atoms with Gasteiger partial charge < -0.3 is 14.5 Å². The van der Waals surface area contributed by atoms with Gasteiger partial charge in [0.15, 0.2) is 11.6 Å². The molecule has 2 aromatic carbocycles. The Kier molecular flexibility index (Phi) is 6.04. The van der Waals surface area contributed by atoms with Crippen LogP contribution >= 0.6 is 11.6 Å². The van der Waals surface area contributed by atoms with Crippen LogP contribution < -0.4 is 10.1 Å². The maximum Gasteiger partial charge on any atom is 0.292 e. The third kappa shape index (κ3) is 5.32. The highest BCUT2D eigenvalue weighted by atomic mass is 35.5. The van der Waals surface area contributed by atoms with Crippen molar-refractivity contribution in [3.63, 3.8) is 0 Å². The molecular weight excluding hydrogens is 421 g/mol. The van der Waals surface area contributed by atoms with Gasteiger partial charge in [0.25, 0.3) is 5.91 Å². The van der Waals surface area contributed by atoms with Gasteiger partial charge in [0.2, 0.25) is 0 Å². The number of carbonyl (C=O) groups excluding carboxylic acids is 1. The third-order valence-corrected chi connectivity index (χ3v) is 4.74. The molecule has 0 saturated carbocycles. The van der Waals surface area contributed by atoms with Crippen LogP contribution in [0.3, 0.4) is 0 Å². The van der Waals surface area contributed by atoms with Gasteiger partial charge in [-0.15, -0.1) is 0 Å². The van der Waals surface area contributed by atoms with Gasteiger partial charge >= 0.3 is 0 Å². The third-order valence-electron chi connectivity index (χ3n) is 4.51. The molecule has 6 nitrogen and oxygen atoms in total. The Bertz CT molecular complexity index is 1220. The Balaban J connectivity index is 1.34. The molecule has 0 radical (unpaired) electrons. The number of aryl methyl sites for hydroxylation is 1. The molecule has 0 saturated heterocycles. The van der Waals surface area contributed by atoms with Crippen LogP contribution in [0.25, 0.3) is 0 Å². The Labute approximate surface area is 183 Å². The highest BCUT2D eigenvalue weighted by molar-refractivity contribution is 6.30. The van der Waals surface area contributed by atoms with Crippen molar-refractivity contribution in [3.05, 3.63) is 100 Å². The molecule has 31 heavy (non-hydrogen) atoms. The van der Waals surface area contributed by atoms with Gasteiger partial charge in [-0.2, -0.15) is 5.10 Å². The average Bonchev–Trinajstić information content (AvgIpc) is 3.37. The number of anilines is 1. The van der Waals surface area contributed by atoms with Gasteiger partial charge in [0.1, 0.15) is 23.9 Å². The number of aromatic nitrogens is 2. The summed E-state index contributed by atoms with van der Waals surface area (Å²) in [6.45, 7) is 2.47. The van der Waals surface area contributed by atoms with Crippen LogP contribution in [0.15, 0.2) is 71.3 Å². The lowest BCUT2D eigenvalue weighted by Crippen LogP contribution is -2.12. The maximum atomic E-state index is 13.3. The first-order valence-corrected chi connectivity index (χ1v) is 9.91. The second-order valence-corrected chi connectivity index (χ2v) is 7.38. The van der Waals surface area contributed by atoms with E-state index in [1.165, 1.54) is 12.1 Å². The Morgan fingerprint density at radius 2 is 2.06 bits per heavy atom. The van der Waals surface area contributed by atoms with Crippen LogP contribution in [0.4, 0.5) is 10.2 Å². The van der Waals surface area contributed by atoms with Gasteiger partial charge in [0, 0.05) is 17.3 Å². The minimum absolute atomic E-state index is 0.145. The molecule has 0 aliphatic rings. The number of nitrogens with zero attached hydrogens (tertiary/aromatic N) is 2. The van der Waals surface area contributed by atoms with Crippen LogP contribution in [-0.2, 0) is 13.2 Å². The number of benzene rings is 2. The molecule has 4 aromatic rings. The zero-order valence-electron chi connectivity index (χ0n) is 16.6. The summed E-state index contributed by atoms with van der Waals surface area (Å²) in [5.41, 5.74) is 1.68. The summed E-state index contributed by atoms with van der Waals surface area (Å²) in [6, 6.07) is 16.5. The minimum atomic E-state index is -0.426. The maximum absolute atomic E-state index is 13.3. The van der Waals surface area contributed by atoms with Crippen molar-refractivity contribution >= 4 is 23.3 Å². The van der Waals surface area contributed by atoms with Crippen molar-refractivity contribution in [2.24, 2.45) is 0 Å². The fourth-order valence-electron chi connectivity index (χ4n) is 3.02. The van der Waals surface area contributed by atoms with Gasteiger partial charge in [-0.25, -0.2) is 4.39 Å². The molecule has 2 heterocycles. The lowest BCUT2D eigenvalue weighted by molar-refractivity contribution is 0.0992. The number of ether oxygens (including phenoxy) is 1. The summed E-state index contributed by atoms with van der Waals surface area (Å²) < 4.78 is 26.2. The number of hydrogen-bond acceptors (Lipinski definition) is 4. The summed E-state index contributed by atoms with van der Waals surface area (Å²) in [5.74, 6) is 0.984. The van der Waals surface area contributed by atoms with E-state index in [0.717, 1.165) is 11.1 Å². The number of furan rings is 1. The molecule has 8 heteroatoms. The number of amides is 1. The van der Waals surface area contributed by atoms with E-state index in [-0.39, 0.29) is 18.2 Å². The Morgan fingerprint density at radius 1 is 1.19 bits per heavy atom. The lowest BCUT2D eigenvalue weighted by atomic mass is 10.2. The Morgan fingerprint density at radius 3 is 2.87 bits per heavy atom. The summed E-state index contributed by atoms with van der Waals surface area (Å²) >= 11 is 5.95. The summed E-state index contributed by atoms with van der Waals surface area (Å²) in [6.07, 6.45) is 1.70. The van der Waals surface area contributed by atoms with E-state index in [2.05, 4.69) is 10.4 Å². The highest BCUT2D eigenvalue weighted by Gasteiger charge is 2.14. The van der Waals surface area contributed by atoms with Crippen molar-refractivity contribution < 1.29 is 18.3 Å². The fourth-order valence-corrected chi connectivity index (χ4v) is 3.24. The normalized spacial score (nSPS) is 10.8. The van der Waals surface area contributed by atoms with Gasteiger partial charge in [-0.3, -0.25) is 9.48 Å². The molecule has 0 fully saturated rings. The number of hydrogen-bond donors (Lipinski definition) is 1. The number of carbonyl (C=O) groups is 1. The molecule has 1 N–H and O–H groups in total. The first-order chi connectivity index (χ1) is 15.0. The predicted octanol–water partition coefficient (Wildman–Crippen LogP) is 5.46.